The maximum absolute atomic E-state index is 13.7. The summed E-state index contributed by atoms with van der Waals surface area (Å²) in [5.74, 6) is -5.54. The van der Waals surface area contributed by atoms with Crippen LogP contribution in [0.25, 0.3) is 0 Å². The lowest BCUT2D eigenvalue weighted by Gasteiger charge is -2.50. The molecule has 33 heavy (non-hydrogen) atoms. The molecule has 0 radical (unpaired) electrons. The third-order valence-electron chi connectivity index (χ3n) is 6.41. The quantitative estimate of drug-likeness (QED) is 0.382. The summed E-state index contributed by atoms with van der Waals surface area (Å²) in [6.45, 7) is 1.85. The smallest absolute Gasteiger partial charge is 0.324 e. The fourth-order valence-corrected chi connectivity index (χ4v) is 7.42. The van der Waals surface area contributed by atoms with Crippen LogP contribution in [0.15, 0.2) is 54.6 Å². The van der Waals surface area contributed by atoms with E-state index in [1.807, 2.05) is 6.92 Å². The highest BCUT2D eigenvalue weighted by Gasteiger charge is 2.69. The molecular formula is C23H22N2O6S2. The van der Waals surface area contributed by atoms with Crippen molar-refractivity contribution >= 4 is 45.0 Å². The third kappa shape index (κ3) is 3.63. The molecule has 2 aromatic rings. The summed E-state index contributed by atoms with van der Waals surface area (Å²) in [6.07, 6.45) is 0. The van der Waals surface area contributed by atoms with Crippen LogP contribution in [0.4, 0.5) is 0 Å². The van der Waals surface area contributed by atoms with E-state index < -0.39 is 55.9 Å². The second-order valence-corrected chi connectivity index (χ2v) is 10.8. The van der Waals surface area contributed by atoms with E-state index in [-0.39, 0.29) is 5.11 Å². The van der Waals surface area contributed by atoms with Crippen molar-refractivity contribution in [3.63, 3.8) is 0 Å². The van der Waals surface area contributed by atoms with Crippen LogP contribution in [0.1, 0.15) is 28.5 Å². The summed E-state index contributed by atoms with van der Waals surface area (Å²) in [6, 6.07) is 15.2. The Morgan fingerprint density at radius 3 is 2.12 bits per heavy atom. The van der Waals surface area contributed by atoms with Gasteiger partial charge in [0.05, 0.1) is 12.9 Å². The Morgan fingerprint density at radius 1 is 1.00 bits per heavy atom. The molecule has 8 nitrogen and oxygen atoms in total. The number of nitrogens with one attached hydrogen (secondary N) is 2. The van der Waals surface area contributed by atoms with Gasteiger partial charge in [-0.15, -0.1) is 0 Å². The summed E-state index contributed by atoms with van der Waals surface area (Å²) in [7, 11) is -3.06. The minimum absolute atomic E-state index is 0.173. The van der Waals surface area contributed by atoms with E-state index in [9.17, 15) is 22.8 Å². The Balaban J connectivity index is 2.09. The van der Waals surface area contributed by atoms with Gasteiger partial charge in [0.2, 0.25) is 11.8 Å². The monoisotopic (exact) mass is 486 g/mol. The topological polar surface area (TPSA) is 119 Å². The Hall–Kier alpha value is -3.11. The predicted molar refractivity (Wildman–Crippen MR) is 124 cm³/mol. The normalized spacial score (nSPS) is 25.8. The molecule has 10 heteroatoms. The molecule has 3 atom stereocenters. The largest absolute Gasteiger partial charge is 0.468 e. The molecule has 0 saturated carbocycles. The molecule has 172 valence electrons. The van der Waals surface area contributed by atoms with E-state index in [0.29, 0.717) is 11.1 Å². The minimum Gasteiger partial charge on any atom is -0.468 e. The second kappa shape index (κ2) is 8.35. The van der Waals surface area contributed by atoms with Crippen molar-refractivity contribution in [2.24, 2.45) is 5.41 Å². The highest BCUT2D eigenvalue weighted by molar-refractivity contribution is 7.92. The van der Waals surface area contributed by atoms with Crippen molar-refractivity contribution in [1.82, 2.24) is 10.6 Å². The summed E-state index contributed by atoms with van der Waals surface area (Å²) in [4.78, 5) is 40.3. The van der Waals surface area contributed by atoms with Crippen LogP contribution in [0.5, 0.6) is 0 Å². The first-order valence-corrected chi connectivity index (χ1v) is 12.3. The van der Waals surface area contributed by atoms with Gasteiger partial charge in [-0.05, 0) is 30.3 Å². The zero-order chi connectivity index (χ0) is 24.0. The molecule has 4 rings (SSSR count). The molecule has 0 aliphatic carbocycles. The van der Waals surface area contributed by atoms with Gasteiger partial charge >= 0.3 is 5.97 Å². The number of esters is 1. The summed E-state index contributed by atoms with van der Waals surface area (Å²) >= 11 is 5.02. The number of sulfone groups is 1. The number of aryl methyl sites for hydroxylation is 1. The fourth-order valence-electron chi connectivity index (χ4n) is 4.93. The summed E-state index contributed by atoms with van der Waals surface area (Å²) in [5.41, 5.74) is -0.235. The number of ether oxygens (including phenoxy) is 1. The van der Waals surface area contributed by atoms with Crippen molar-refractivity contribution in [3.05, 3.63) is 71.3 Å². The molecule has 0 unspecified atom stereocenters. The summed E-state index contributed by atoms with van der Waals surface area (Å²) in [5, 5.41) is 3.07. The zero-order valence-electron chi connectivity index (χ0n) is 17.9. The Kier molecular flexibility index (Phi) is 5.83. The zero-order valence-corrected chi connectivity index (χ0v) is 19.5. The lowest BCUT2D eigenvalue weighted by atomic mass is 9.59. The van der Waals surface area contributed by atoms with Crippen LogP contribution in [-0.2, 0) is 29.0 Å². The number of carbonyl (C=O) groups excluding carboxylic acids is 3. The number of hydrogen-bond donors (Lipinski definition) is 2. The third-order valence-corrected chi connectivity index (χ3v) is 8.65. The molecule has 2 N–H and O–H groups in total. The van der Waals surface area contributed by atoms with E-state index in [1.165, 1.54) is 0 Å². The van der Waals surface area contributed by atoms with Crippen LogP contribution in [0, 0.1) is 12.3 Å². The van der Waals surface area contributed by atoms with E-state index in [1.54, 1.807) is 54.6 Å². The standard InChI is InChI=1S/C23H22N2O6S2/c1-13-8-10-15(11-9-13)17-18(19(26)31-2)33(29,30)12-16(14-6-4-3-5-7-14)23(17)20(27)24-22(32)25-21(23)28/h3-11,16-18H,12H2,1-2H3,(H2,24,25,27,28,32)/t16-,17-,18+/m0/s1. The van der Waals surface area contributed by atoms with E-state index in [0.717, 1.165) is 12.7 Å². The van der Waals surface area contributed by atoms with Crippen molar-refractivity contribution in [2.45, 2.75) is 24.0 Å². The maximum atomic E-state index is 13.7. The van der Waals surface area contributed by atoms with Crippen LogP contribution in [0.3, 0.4) is 0 Å². The fraction of sp³-hybridized carbons (Fsp3) is 0.304. The Labute approximate surface area is 196 Å². The molecule has 2 heterocycles. The average Bonchev–Trinajstić information content (AvgIpc) is 2.77. The predicted octanol–water partition coefficient (Wildman–Crippen LogP) is 1.35. The van der Waals surface area contributed by atoms with E-state index >= 15 is 0 Å². The van der Waals surface area contributed by atoms with Gasteiger partial charge < -0.3 is 15.4 Å². The van der Waals surface area contributed by atoms with Gasteiger partial charge in [0.25, 0.3) is 0 Å². The number of amides is 2. The van der Waals surface area contributed by atoms with Crippen LogP contribution >= 0.6 is 12.2 Å². The number of methoxy groups -OCH3 is 1. The van der Waals surface area contributed by atoms with Gasteiger partial charge in [-0.25, -0.2) is 8.42 Å². The van der Waals surface area contributed by atoms with Crippen molar-refractivity contribution in [1.29, 1.82) is 0 Å². The highest BCUT2D eigenvalue weighted by Crippen LogP contribution is 2.56. The highest BCUT2D eigenvalue weighted by atomic mass is 32.2. The molecule has 0 bridgehead atoms. The number of rotatable bonds is 3. The van der Waals surface area contributed by atoms with Crippen LogP contribution < -0.4 is 10.6 Å². The van der Waals surface area contributed by atoms with Crippen molar-refractivity contribution in [2.75, 3.05) is 12.9 Å². The molecule has 2 amide bonds. The maximum Gasteiger partial charge on any atom is 0.324 e. The van der Waals surface area contributed by atoms with Gasteiger partial charge in [-0.3, -0.25) is 14.4 Å². The first-order chi connectivity index (χ1) is 15.6. The van der Waals surface area contributed by atoms with Crippen molar-refractivity contribution in [3.8, 4) is 0 Å². The first-order valence-electron chi connectivity index (χ1n) is 10.2. The molecule has 1 spiro atoms. The van der Waals surface area contributed by atoms with E-state index in [2.05, 4.69) is 10.6 Å². The lowest BCUT2D eigenvalue weighted by Crippen LogP contribution is -2.71. The average molecular weight is 487 g/mol. The molecule has 2 aliphatic rings. The molecular weight excluding hydrogens is 464 g/mol. The lowest BCUT2D eigenvalue weighted by molar-refractivity contribution is -0.150. The number of thiocarbonyl (C=S) groups is 1. The number of carbonyl (C=O) groups is 3. The van der Waals surface area contributed by atoms with Gasteiger partial charge in [0.1, 0.15) is 5.41 Å². The van der Waals surface area contributed by atoms with Gasteiger partial charge in [0, 0.05) is 11.8 Å². The molecule has 0 aromatic heterocycles. The molecule has 2 aliphatic heterocycles. The van der Waals surface area contributed by atoms with Gasteiger partial charge in [-0.1, -0.05) is 60.2 Å². The summed E-state index contributed by atoms with van der Waals surface area (Å²) < 4.78 is 31.9. The van der Waals surface area contributed by atoms with Crippen LogP contribution in [0.2, 0.25) is 0 Å². The number of hydrogen-bond acceptors (Lipinski definition) is 7. The molecule has 2 saturated heterocycles. The van der Waals surface area contributed by atoms with Gasteiger partial charge in [0.15, 0.2) is 20.2 Å². The Bertz CT molecular complexity index is 1220. The number of benzene rings is 2. The molecule has 2 aromatic carbocycles. The molecule has 2 fully saturated rings. The minimum atomic E-state index is -4.14. The van der Waals surface area contributed by atoms with E-state index in [4.69, 9.17) is 17.0 Å². The van der Waals surface area contributed by atoms with Crippen molar-refractivity contribution < 1.29 is 27.5 Å². The SMILES string of the molecule is COC(=O)[C@H]1[C@H](c2ccc(C)cc2)C2(C(=O)NC(=S)NC2=O)[C@H](c2ccccc2)CS1(=O)=O. The van der Waals surface area contributed by atoms with Crippen LogP contribution in [-0.4, -0.2) is 49.4 Å². The van der Waals surface area contributed by atoms with Gasteiger partial charge in [-0.2, -0.15) is 0 Å². The second-order valence-electron chi connectivity index (χ2n) is 8.23. The Morgan fingerprint density at radius 2 is 1.58 bits per heavy atom. The first kappa shape index (κ1) is 23.1.